The minimum Gasteiger partial charge on any atom is -0.379 e. The highest BCUT2D eigenvalue weighted by Crippen LogP contribution is 2.24. The average molecular weight is 217 g/mol. The quantitative estimate of drug-likeness (QED) is 0.712. The normalized spacial score (nSPS) is 26.4. The maximum Gasteiger partial charge on any atom is 0.0594 e. The molecule has 0 amide bonds. The van der Waals surface area contributed by atoms with Crippen LogP contribution in [0.2, 0.25) is 0 Å². The Labute approximate surface area is 97.2 Å². The molecule has 1 atom stereocenters. The highest BCUT2D eigenvalue weighted by atomic mass is 16.5. The van der Waals surface area contributed by atoms with Crippen molar-refractivity contribution in [2.45, 2.75) is 25.3 Å². The van der Waals surface area contributed by atoms with Crippen molar-refractivity contribution in [3.05, 3.63) is 35.4 Å². The Hall–Kier alpha value is -0.860. The number of fused-ring (bicyclic) bond motifs is 1. The van der Waals surface area contributed by atoms with Gasteiger partial charge in [-0.2, -0.15) is 0 Å². The molecular formula is C14H19NO. The third-order valence-corrected chi connectivity index (χ3v) is 3.88. The summed E-state index contributed by atoms with van der Waals surface area (Å²) in [5, 5.41) is 0. The summed E-state index contributed by atoms with van der Waals surface area (Å²) in [4.78, 5) is 2.61. The summed E-state index contributed by atoms with van der Waals surface area (Å²) in [5.41, 5.74) is 3.12. The van der Waals surface area contributed by atoms with Crippen molar-refractivity contribution >= 4 is 0 Å². The smallest absolute Gasteiger partial charge is 0.0594 e. The number of benzene rings is 1. The number of morpholine rings is 1. The van der Waals surface area contributed by atoms with E-state index in [2.05, 4.69) is 29.2 Å². The van der Waals surface area contributed by atoms with Crippen LogP contribution in [0.5, 0.6) is 0 Å². The lowest BCUT2D eigenvalue weighted by atomic mass is 9.87. The van der Waals surface area contributed by atoms with Gasteiger partial charge in [0.15, 0.2) is 0 Å². The van der Waals surface area contributed by atoms with Gasteiger partial charge < -0.3 is 4.74 Å². The van der Waals surface area contributed by atoms with Gasteiger partial charge in [-0.1, -0.05) is 24.3 Å². The lowest BCUT2D eigenvalue weighted by molar-refractivity contribution is 0.0137. The topological polar surface area (TPSA) is 12.5 Å². The van der Waals surface area contributed by atoms with Crippen LogP contribution in [-0.2, 0) is 17.6 Å². The number of aryl methyl sites for hydroxylation is 1. The van der Waals surface area contributed by atoms with Crippen molar-refractivity contribution in [1.29, 1.82) is 0 Å². The predicted molar refractivity (Wildman–Crippen MR) is 64.6 cm³/mol. The van der Waals surface area contributed by atoms with Crippen LogP contribution in [0.1, 0.15) is 17.5 Å². The average Bonchev–Trinajstić information content (AvgIpc) is 2.39. The highest BCUT2D eigenvalue weighted by molar-refractivity contribution is 5.30. The zero-order chi connectivity index (χ0) is 10.8. The molecule has 86 valence electrons. The van der Waals surface area contributed by atoms with Crippen molar-refractivity contribution in [3.63, 3.8) is 0 Å². The van der Waals surface area contributed by atoms with E-state index in [1.165, 1.54) is 19.3 Å². The second-order valence-corrected chi connectivity index (χ2v) is 4.81. The number of nitrogens with zero attached hydrogens (tertiary/aromatic N) is 1. The van der Waals surface area contributed by atoms with Crippen molar-refractivity contribution < 1.29 is 4.74 Å². The van der Waals surface area contributed by atoms with Crippen LogP contribution in [0, 0.1) is 0 Å². The Balaban J connectivity index is 1.72. The van der Waals surface area contributed by atoms with Crippen LogP contribution >= 0.6 is 0 Å². The van der Waals surface area contributed by atoms with E-state index in [9.17, 15) is 0 Å². The first-order valence-corrected chi connectivity index (χ1v) is 6.32. The van der Waals surface area contributed by atoms with E-state index in [1.54, 1.807) is 11.1 Å². The first-order chi connectivity index (χ1) is 7.93. The van der Waals surface area contributed by atoms with Crippen LogP contribution in [-0.4, -0.2) is 37.2 Å². The first kappa shape index (κ1) is 10.3. The fraction of sp³-hybridized carbons (Fsp3) is 0.571. The molecule has 1 aliphatic carbocycles. The largest absolute Gasteiger partial charge is 0.379 e. The minimum absolute atomic E-state index is 0.749. The summed E-state index contributed by atoms with van der Waals surface area (Å²) < 4.78 is 5.42. The summed E-state index contributed by atoms with van der Waals surface area (Å²) in [6.07, 6.45) is 3.80. The molecule has 1 unspecified atom stereocenters. The summed E-state index contributed by atoms with van der Waals surface area (Å²) >= 11 is 0. The Morgan fingerprint density at radius 2 is 1.81 bits per heavy atom. The van der Waals surface area contributed by atoms with Gasteiger partial charge in [-0.05, 0) is 30.4 Å². The van der Waals surface area contributed by atoms with Gasteiger partial charge in [0.2, 0.25) is 0 Å². The second kappa shape index (κ2) is 4.56. The number of rotatable bonds is 1. The number of ether oxygens (including phenoxy) is 1. The Bertz CT molecular complexity index is 358. The molecule has 2 heteroatoms. The fourth-order valence-electron chi connectivity index (χ4n) is 2.93. The molecule has 1 aliphatic heterocycles. The van der Waals surface area contributed by atoms with Gasteiger partial charge >= 0.3 is 0 Å². The van der Waals surface area contributed by atoms with E-state index >= 15 is 0 Å². The van der Waals surface area contributed by atoms with Crippen molar-refractivity contribution in [1.82, 2.24) is 4.90 Å². The molecule has 0 radical (unpaired) electrons. The van der Waals surface area contributed by atoms with E-state index in [0.29, 0.717) is 0 Å². The van der Waals surface area contributed by atoms with E-state index in [-0.39, 0.29) is 0 Å². The van der Waals surface area contributed by atoms with Crippen LogP contribution < -0.4 is 0 Å². The van der Waals surface area contributed by atoms with E-state index in [0.717, 1.165) is 32.3 Å². The van der Waals surface area contributed by atoms with E-state index in [1.807, 2.05) is 0 Å². The van der Waals surface area contributed by atoms with Crippen LogP contribution in [0.4, 0.5) is 0 Å². The van der Waals surface area contributed by atoms with Gasteiger partial charge in [0, 0.05) is 19.1 Å². The minimum atomic E-state index is 0.749. The summed E-state index contributed by atoms with van der Waals surface area (Å²) in [5.74, 6) is 0. The molecule has 1 aromatic carbocycles. The lowest BCUT2D eigenvalue weighted by Gasteiger charge is -2.37. The summed E-state index contributed by atoms with van der Waals surface area (Å²) in [6, 6.07) is 9.65. The standard InChI is InChI=1S/C14H19NO/c1-2-4-13-11-14(6-5-12(13)3-1)15-7-9-16-10-8-15/h1-4,14H,5-11H2. The van der Waals surface area contributed by atoms with Gasteiger partial charge in [-0.3, -0.25) is 4.90 Å². The van der Waals surface area contributed by atoms with Crippen molar-refractivity contribution in [2.24, 2.45) is 0 Å². The molecule has 0 N–H and O–H groups in total. The van der Waals surface area contributed by atoms with Gasteiger partial charge in [0.25, 0.3) is 0 Å². The molecule has 0 saturated carbocycles. The molecule has 0 bridgehead atoms. The second-order valence-electron chi connectivity index (χ2n) is 4.81. The fourth-order valence-corrected chi connectivity index (χ4v) is 2.93. The highest BCUT2D eigenvalue weighted by Gasteiger charge is 2.24. The van der Waals surface area contributed by atoms with Crippen LogP contribution in [0.3, 0.4) is 0 Å². The molecular weight excluding hydrogens is 198 g/mol. The molecule has 1 aromatic rings. The molecule has 16 heavy (non-hydrogen) atoms. The molecule has 3 rings (SSSR count). The van der Waals surface area contributed by atoms with Gasteiger partial charge in [-0.15, -0.1) is 0 Å². The first-order valence-electron chi connectivity index (χ1n) is 6.32. The zero-order valence-electron chi connectivity index (χ0n) is 9.69. The molecule has 1 heterocycles. The van der Waals surface area contributed by atoms with Gasteiger partial charge in [0.05, 0.1) is 13.2 Å². The predicted octanol–water partition coefficient (Wildman–Crippen LogP) is 1.88. The Morgan fingerprint density at radius 1 is 1.06 bits per heavy atom. The molecule has 2 aliphatic rings. The number of hydrogen-bond donors (Lipinski definition) is 0. The van der Waals surface area contributed by atoms with Crippen LogP contribution in [0.15, 0.2) is 24.3 Å². The Kier molecular flexibility index (Phi) is 2.94. The monoisotopic (exact) mass is 217 g/mol. The van der Waals surface area contributed by atoms with Gasteiger partial charge in [0.1, 0.15) is 0 Å². The SMILES string of the molecule is c1ccc2c(c1)CCC(N1CCOCC1)C2. The summed E-state index contributed by atoms with van der Waals surface area (Å²) in [7, 11) is 0. The van der Waals surface area contributed by atoms with E-state index < -0.39 is 0 Å². The van der Waals surface area contributed by atoms with Crippen molar-refractivity contribution in [2.75, 3.05) is 26.3 Å². The molecule has 1 fully saturated rings. The van der Waals surface area contributed by atoms with Crippen molar-refractivity contribution in [3.8, 4) is 0 Å². The van der Waals surface area contributed by atoms with Gasteiger partial charge in [-0.25, -0.2) is 0 Å². The zero-order valence-corrected chi connectivity index (χ0v) is 9.69. The third kappa shape index (κ3) is 2.00. The summed E-state index contributed by atoms with van der Waals surface area (Å²) in [6.45, 7) is 4.07. The molecule has 0 aromatic heterocycles. The lowest BCUT2D eigenvalue weighted by Crippen LogP contribution is -2.45. The maximum atomic E-state index is 5.42. The van der Waals surface area contributed by atoms with E-state index in [4.69, 9.17) is 4.74 Å². The third-order valence-electron chi connectivity index (χ3n) is 3.88. The maximum absolute atomic E-state index is 5.42. The molecule has 2 nitrogen and oxygen atoms in total. The van der Waals surface area contributed by atoms with Crippen LogP contribution in [0.25, 0.3) is 0 Å². The number of hydrogen-bond acceptors (Lipinski definition) is 2. The Morgan fingerprint density at radius 3 is 2.62 bits per heavy atom. The molecule has 1 saturated heterocycles. The molecule has 0 spiro atoms.